The second-order valence-electron chi connectivity index (χ2n) is 5.29. The summed E-state index contributed by atoms with van der Waals surface area (Å²) in [4.78, 5) is 16.3. The quantitative estimate of drug-likeness (QED) is 0.902. The molecule has 1 aliphatic heterocycles. The predicted molar refractivity (Wildman–Crippen MR) is 81.1 cm³/mol. The number of hydrogen-bond donors (Lipinski definition) is 2. The van der Waals surface area contributed by atoms with Crippen LogP contribution in [0.15, 0.2) is 24.4 Å². The molecule has 0 unspecified atom stereocenters. The van der Waals surface area contributed by atoms with Crippen molar-refractivity contribution < 1.29 is 18.0 Å². The van der Waals surface area contributed by atoms with Crippen LogP contribution in [0, 0.1) is 11.6 Å². The summed E-state index contributed by atoms with van der Waals surface area (Å²) in [5, 5.41) is 5.68. The molecule has 0 spiro atoms. The smallest absolute Gasteiger partial charge is 0.263 e. The van der Waals surface area contributed by atoms with Crippen molar-refractivity contribution >= 4 is 17.2 Å². The maximum atomic E-state index is 13.7. The number of alkyl halides is 1. The van der Waals surface area contributed by atoms with E-state index in [1.165, 1.54) is 12.3 Å². The van der Waals surface area contributed by atoms with Crippen molar-refractivity contribution in [3.63, 3.8) is 0 Å². The van der Waals surface area contributed by atoms with Crippen molar-refractivity contribution in [3.8, 4) is 10.6 Å². The lowest BCUT2D eigenvalue weighted by molar-refractivity contribution is 0.0922. The van der Waals surface area contributed by atoms with E-state index in [9.17, 15) is 18.0 Å². The maximum Gasteiger partial charge on any atom is 0.263 e. The standard InChI is InChI=1S/C15H14F3N3OS/c16-8-4-9(6-19-5-8)21-14(22)12-7-20-15(23-12)13-10(17)2-1-3-11(13)18/h1-3,7-9,19H,4-6H2,(H,21,22)/t8-,9+/m1/s1. The van der Waals surface area contributed by atoms with Crippen molar-refractivity contribution in [2.45, 2.75) is 18.6 Å². The van der Waals surface area contributed by atoms with Gasteiger partial charge >= 0.3 is 0 Å². The molecule has 3 rings (SSSR count). The van der Waals surface area contributed by atoms with E-state index in [0.29, 0.717) is 6.54 Å². The number of carbonyl (C=O) groups excluding carboxylic acids is 1. The van der Waals surface area contributed by atoms with E-state index in [2.05, 4.69) is 15.6 Å². The molecule has 0 aliphatic carbocycles. The second kappa shape index (κ2) is 6.67. The Kier molecular flexibility index (Phi) is 4.63. The second-order valence-corrected chi connectivity index (χ2v) is 6.32. The van der Waals surface area contributed by atoms with Crippen LogP contribution in [0.5, 0.6) is 0 Å². The Bertz CT molecular complexity index is 701. The maximum absolute atomic E-state index is 13.7. The van der Waals surface area contributed by atoms with Gasteiger partial charge in [-0.1, -0.05) is 6.07 Å². The van der Waals surface area contributed by atoms with Crippen molar-refractivity contribution in [2.75, 3.05) is 13.1 Å². The van der Waals surface area contributed by atoms with Gasteiger partial charge in [0.1, 0.15) is 27.7 Å². The summed E-state index contributed by atoms with van der Waals surface area (Å²) in [5.74, 6) is -1.89. The molecule has 0 radical (unpaired) electrons. The van der Waals surface area contributed by atoms with Crippen LogP contribution >= 0.6 is 11.3 Å². The third-order valence-electron chi connectivity index (χ3n) is 3.54. The summed E-state index contributed by atoms with van der Waals surface area (Å²) in [6.07, 6.45) is 0.509. The van der Waals surface area contributed by atoms with Crippen molar-refractivity contribution in [1.29, 1.82) is 0 Å². The fourth-order valence-electron chi connectivity index (χ4n) is 2.45. The van der Waals surface area contributed by atoms with Crippen LogP contribution < -0.4 is 10.6 Å². The van der Waals surface area contributed by atoms with Crippen molar-refractivity contribution in [1.82, 2.24) is 15.6 Å². The van der Waals surface area contributed by atoms with Gasteiger partial charge in [0.05, 0.1) is 11.8 Å². The van der Waals surface area contributed by atoms with Crippen LogP contribution in [-0.2, 0) is 0 Å². The highest BCUT2D eigenvalue weighted by atomic mass is 32.1. The molecule has 1 aliphatic rings. The van der Waals surface area contributed by atoms with Crippen molar-refractivity contribution in [2.24, 2.45) is 0 Å². The molecule has 1 saturated heterocycles. The van der Waals surface area contributed by atoms with Gasteiger partial charge in [-0.15, -0.1) is 11.3 Å². The van der Waals surface area contributed by atoms with Crippen LogP contribution in [0.3, 0.4) is 0 Å². The molecule has 1 amide bonds. The fourth-order valence-corrected chi connectivity index (χ4v) is 3.32. The lowest BCUT2D eigenvalue weighted by Crippen LogP contribution is -2.49. The zero-order valence-corrected chi connectivity index (χ0v) is 12.8. The number of thiazole rings is 1. The third-order valence-corrected chi connectivity index (χ3v) is 4.55. The van der Waals surface area contributed by atoms with Crippen LogP contribution in [0.1, 0.15) is 16.1 Å². The highest BCUT2D eigenvalue weighted by Gasteiger charge is 2.24. The SMILES string of the molecule is O=C(N[C@@H]1CNC[C@H](F)C1)c1cnc(-c2c(F)cccc2F)s1. The largest absolute Gasteiger partial charge is 0.347 e. The van der Waals surface area contributed by atoms with Crippen LogP contribution in [0.25, 0.3) is 10.6 Å². The molecule has 2 aromatic rings. The van der Waals surface area contributed by atoms with Gasteiger partial charge in [-0.2, -0.15) is 0 Å². The van der Waals surface area contributed by atoms with Crippen molar-refractivity contribution in [3.05, 3.63) is 40.9 Å². The number of benzene rings is 1. The van der Waals surface area contributed by atoms with E-state index in [1.807, 2.05) is 0 Å². The van der Waals surface area contributed by atoms with Gasteiger partial charge in [0.2, 0.25) is 0 Å². The molecule has 23 heavy (non-hydrogen) atoms. The summed E-state index contributed by atoms with van der Waals surface area (Å²) >= 11 is 0.894. The molecule has 122 valence electrons. The number of aromatic nitrogens is 1. The molecule has 2 N–H and O–H groups in total. The molecule has 2 atom stereocenters. The monoisotopic (exact) mass is 341 g/mol. The minimum absolute atomic E-state index is 0.0934. The van der Waals surface area contributed by atoms with Gasteiger partial charge in [0.15, 0.2) is 0 Å². The van der Waals surface area contributed by atoms with E-state index >= 15 is 0 Å². The first kappa shape index (κ1) is 15.9. The van der Waals surface area contributed by atoms with E-state index in [-0.39, 0.29) is 34.5 Å². The minimum atomic E-state index is -1.00. The van der Waals surface area contributed by atoms with Gasteiger partial charge in [-0.05, 0) is 12.1 Å². The molecule has 0 saturated carbocycles. The summed E-state index contributed by atoms with van der Waals surface area (Å²) in [5.41, 5.74) is -0.250. The predicted octanol–water partition coefficient (Wildman–Crippen LogP) is 2.52. The van der Waals surface area contributed by atoms with Gasteiger partial charge in [-0.3, -0.25) is 4.79 Å². The van der Waals surface area contributed by atoms with E-state index in [4.69, 9.17) is 0 Å². The number of halogens is 3. The minimum Gasteiger partial charge on any atom is -0.347 e. The Morgan fingerprint density at radius 1 is 1.30 bits per heavy atom. The normalized spacial score (nSPS) is 21.2. The lowest BCUT2D eigenvalue weighted by Gasteiger charge is -2.26. The first-order valence-corrected chi connectivity index (χ1v) is 7.92. The average molecular weight is 341 g/mol. The first-order valence-electron chi connectivity index (χ1n) is 7.10. The van der Waals surface area contributed by atoms with Gasteiger partial charge in [-0.25, -0.2) is 18.2 Å². The Morgan fingerprint density at radius 3 is 2.74 bits per heavy atom. The number of nitrogens with one attached hydrogen (secondary N) is 2. The molecule has 1 fully saturated rings. The van der Waals surface area contributed by atoms with Gasteiger partial charge < -0.3 is 10.6 Å². The summed E-state index contributed by atoms with van der Waals surface area (Å²) in [6.45, 7) is 0.767. The lowest BCUT2D eigenvalue weighted by atomic mass is 10.1. The molecule has 4 nitrogen and oxygen atoms in total. The number of carbonyl (C=O) groups is 1. The van der Waals surface area contributed by atoms with Gasteiger partial charge in [0, 0.05) is 25.6 Å². The number of rotatable bonds is 3. The zero-order chi connectivity index (χ0) is 16.4. The Labute approximate surface area is 134 Å². The molecule has 8 heteroatoms. The van der Waals surface area contributed by atoms with Crippen LogP contribution in [0.2, 0.25) is 0 Å². The Morgan fingerprint density at radius 2 is 2.04 bits per heavy atom. The average Bonchev–Trinajstić information content (AvgIpc) is 2.97. The summed E-state index contributed by atoms with van der Waals surface area (Å²) in [7, 11) is 0. The number of piperidine rings is 1. The van der Waals surface area contributed by atoms with E-state index in [0.717, 1.165) is 23.5 Å². The Balaban J connectivity index is 1.75. The van der Waals surface area contributed by atoms with Crippen LogP contribution in [-0.4, -0.2) is 36.2 Å². The van der Waals surface area contributed by atoms with E-state index in [1.54, 1.807) is 0 Å². The van der Waals surface area contributed by atoms with Crippen LogP contribution in [0.4, 0.5) is 13.2 Å². The molecular formula is C15H14F3N3OS. The Hall–Kier alpha value is -1.93. The molecule has 1 aromatic heterocycles. The topological polar surface area (TPSA) is 54.0 Å². The summed E-state index contributed by atoms with van der Waals surface area (Å²) < 4.78 is 40.8. The molecule has 1 aromatic carbocycles. The third kappa shape index (κ3) is 3.53. The highest BCUT2D eigenvalue weighted by molar-refractivity contribution is 7.16. The number of hydrogen-bond acceptors (Lipinski definition) is 4. The molecule has 2 heterocycles. The highest BCUT2D eigenvalue weighted by Crippen LogP contribution is 2.29. The molecular weight excluding hydrogens is 327 g/mol. The van der Waals surface area contributed by atoms with E-state index < -0.39 is 23.7 Å². The zero-order valence-electron chi connectivity index (χ0n) is 12.0. The number of nitrogens with zero attached hydrogens (tertiary/aromatic N) is 1. The number of amides is 1. The summed E-state index contributed by atoms with van der Waals surface area (Å²) in [6, 6.07) is 3.21. The fraction of sp³-hybridized carbons (Fsp3) is 0.333. The molecule has 0 bridgehead atoms. The first-order chi connectivity index (χ1) is 11.0. The van der Waals surface area contributed by atoms with Gasteiger partial charge in [0.25, 0.3) is 5.91 Å².